The van der Waals surface area contributed by atoms with E-state index in [4.69, 9.17) is 4.74 Å². The van der Waals surface area contributed by atoms with Gasteiger partial charge in [0, 0.05) is 56.6 Å². The zero-order valence-corrected chi connectivity index (χ0v) is 20.0. The van der Waals surface area contributed by atoms with Crippen LogP contribution in [0.15, 0.2) is 42.5 Å². The summed E-state index contributed by atoms with van der Waals surface area (Å²) in [6.07, 6.45) is 5.12. The SMILES string of the molecule is Cc1cccc(C(=O)N(Cc2cc(NC(=O)C3CCC3)ccc2N(C)C)C[C@H]2CCCO2)c1. The molecule has 1 saturated heterocycles. The Balaban J connectivity index is 1.60. The largest absolute Gasteiger partial charge is 0.377 e. The van der Waals surface area contributed by atoms with Gasteiger partial charge in [-0.15, -0.1) is 0 Å². The molecule has 1 aliphatic carbocycles. The Labute approximate surface area is 196 Å². The molecule has 2 fully saturated rings. The smallest absolute Gasteiger partial charge is 0.254 e. The van der Waals surface area contributed by atoms with Crippen LogP contribution in [0.3, 0.4) is 0 Å². The van der Waals surface area contributed by atoms with Gasteiger partial charge in [-0.25, -0.2) is 0 Å². The van der Waals surface area contributed by atoms with E-state index in [2.05, 4.69) is 5.32 Å². The number of benzene rings is 2. The Morgan fingerprint density at radius 1 is 1.06 bits per heavy atom. The van der Waals surface area contributed by atoms with E-state index in [-0.39, 0.29) is 23.8 Å². The number of hydrogen-bond donors (Lipinski definition) is 1. The highest BCUT2D eigenvalue weighted by atomic mass is 16.5. The molecule has 6 nitrogen and oxygen atoms in total. The molecule has 1 N–H and O–H groups in total. The van der Waals surface area contributed by atoms with Crippen molar-refractivity contribution in [3.63, 3.8) is 0 Å². The molecule has 4 rings (SSSR count). The van der Waals surface area contributed by atoms with Crippen LogP contribution < -0.4 is 10.2 Å². The minimum Gasteiger partial charge on any atom is -0.377 e. The summed E-state index contributed by atoms with van der Waals surface area (Å²) in [6, 6.07) is 13.7. The molecule has 2 amide bonds. The van der Waals surface area contributed by atoms with E-state index in [1.165, 1.54) is 0 Å². The summed E-state index contributed by atoms with van der Waals surface area (Å²) in [5, 5.41) is 3.08. The summed E-state index contributed by atoms with van der Waals surface area (Å²) in [6.45, 7) is 3.76. The van der Waals surface area contributed by atoms with E-state index in [1.807, 2.05) is 73.3 Å². The molecule has 2 aromatic carbocycles. The summed E-state index contributed by atoms with van der Waals surface area (Å²) in [5.41, 5.74) is 4.57. The number of aryl methyl sites for hydroxylation is 1. The summed E-state index contributed by atoms with van der Waals surface area (Å²) >= 11 is 0. The number of nitrogens with zero attached hydrogens (tertiary/aromatic N) is 2. The topological polar surface area (TPSA) is 61.9 Å². The van der Waals surface area contributed by atoms with Gasteiger partial charge in [0.15, 0.2) is 0 Å². The quantitative estimate of drug-likeness (QED) is 0.639. The second kappa shape index (κ2) is 10.4. The molecule has 1 atom stereocenters. The Morgan fingerprint density at radius 3 is 2.52 bits per heavy atom. The summed E-state index contributed by atoms with van der Waals surface area (Å²) in [7, 11) is 4.00. The Hall–Kier alpha value is -2.86. The van der Waals surface area contributed by atoms with Crippen molar-refractivity contribution in [2.45, 2.75) is 51.7 Å². The van der Waals surface area contributed by atoms with Crippen LogP contribution in [0.2, 0.25) is 0 Å². The minimum atomic E-state index is 0.00260. The third kappa shape index (κ3) is 5.74. The first-order chi connectivity index (χ1) is 15.9. The van der Waals surface area contributed by atoms with E-state index in [0.29, 0.717) is 18.7 Å². The van der Waals surface area contributed by atoms with Crippen molar-refractivity contribution < 1.29 is 14.3 Å². The van der Waals surface area contributed by atoms with Gasteiger partial charge in [-0.05, 0) is 68.5 Å². The number of carbonyl (C=O) groups is 2. The lowest BCUT2D eigenvalue weighted by Gasteiger charge is -2.29. The molecule has 0 aromatic heterocycles. The van der Waals surface area contributed by atoms with E-state index in [1.54, 1.807) is 0 Å². The highest BCUT2D eigenvalue weighted by molar-refractivity contribution is 5.95. The number of nitrogens with one attached hydrogen (secondary N) is 1. The van der Waals surface area contributed by atoms with Crippen LogP contribution in [0.4, 0.5) is 11.4 Å². The lowest BCUT2D eigenvalue weighted by molar-refractivity contribution is -0.122. The normalized spacial score (nSPS) is 18.0. The zero-order chi connectivity index (χ0) is 23.4. The third-order valence-corrected chi connectivity index (χ3v) is 6.67. The maximum Gasteiger partial charge on any atom is 0.254 e. The number of rotatable bonds is 8. The summed E-state index contributed by atoms with van der Waals surface area (Å²) < 4.78 is 5.87. The van der Waals surface area contributed by atoms with Gasteiger partial charge in [0.2, 0.25) is 5.91 Å². The molecule has 1 aliphatic heterocycles. The van der Waals surface area contributed by atoms with Crippen molar-refractivity contribution in [3.05, 3.63) is 59.2 Å². The van der Waals surface area contributed by atoms with Gasteiger partial charge in [0.25, 0.3) is 5.91 Å². The average Bonchev–Trinajstić information content (AvgIpc) is 3.24. The molecule has 0 bridgehead atoms. The molecule has 2 aliphatic rings. The molecule has 0 spiro atoms. The van der Waals surface area contributed by atoms with Crippen LogP contribution in [0, 0.1) is 12.8 Å². The fourth-order valence-electron chi connectivity index (χ4n) is 4.56. The predicted octanol–water partition coefficient (Wildman–Crippen LogP) is 4.62. The predicted molar refractivity (Wildman–Crippen MR) is 132 cm³/mol. The Kier molecular flexibility index (Phi) is 7.33. The van der Waals surface area contributed by atoms with E-state index in [9.17, 15) is 9.59 Å². The summed E-state index contributed by atoms with van der Waals surface area (Å²) in [5.74, 6) is 0.223. The van der Waals surface area contributed by atoms with Crippen LogP contribution in [-0.4, -0.2) is 50.1 Å². The number of amides is 2. The van der Waals surface area contributed by atoms with Crippen LogP contribution in [-0.2, 0) is 16.1 Å². The number of anilines is 2. The van der Waals surface area contributed by atoms with Crippen LogP contribution >= 0.6 is 0 Å². The number of hydrogen-bond acceptors (Lipinski definition) is 4. The third-order valence-electron chi connectivity index (χ3n) is 6.67. The Bertz CT molecular complexity index is 994. The number of carbonyl (C=O) groups excluding carboxylic acids is 2. The van der Waals surface area contributed by atoms with Crippen molar-refractivity contribution in [1.82, 2.24) is 4.90 Å². The van der Waals surface area contributed by atoms with Crippen molar-refractivity contribution >= 4 is 23.2 Å². The van der Waals surface area contributed by atoms with Gasteiger partial charge in [-0.1, -0.05) is 24.1 Å². The number of ether oxygens (including phenoxy) is 1. The average molecular weight is 450 g/mol. The first-order valence-corrected chi connectivity index (χ1v) is 12.0. The monoisotopic (exact) mass is 449 g/mol. The molecule has 6 heteroatoms. The molecular formula is C27H35N3O3. The fraction of sp³-hybridized carbons (Fsp3) is 0.481. The van der Waals surface area contributed by atoms with Crippen molar-refractivity contribution in [2.75, 3.05) is 37.5 Å². The molecular weight excluding hydrogens is 414 g/mol. The van der Waals surface area contributed by atoms with Gasteiger partial charge >= 0.3 is 0 Å². The minimum absolute atomic E-state index is 0.00260. The molecule has 176 valence electrons. The van der Waals surface area contributed by atoms with Crippen molar-refractivity contribution in [1.29, 1.82) is 0 Å². The maximum atomic E-state index is 13.6. The maximum absolute atomic E-state index is 13.6. The molecule has 2 aromatic rings. The lowest BCUT2D eigenvalue weighted by atomic mass is 9.85. The van der Waals surface area contributed by atoms with E-state index >= 15 is 0 Å². The van der Waals surface area contributed by atoms with Crippen molar-refractivity contribution in [2.24, 2.45) is 5.92 Å². The van der Waals surface area contributed by atoms with Gasteiger partial charge in [-0.2, -0.15) is 0 Å². The fourth-order valence-corrected chi connectivity index (χ4v) is 4.56. The first kappa shape index (κ1) is 23.3. The Morgan fingerprint density at radius 2 is 1.88 bits per heavy atom. The van der Waals surface area contributed by atoms with Crippen LogP contribution in [0.25, 0.3) is 0 Å². The van der Waals surface area contributed by atoms with Crippen molar-refractivity contribution in [3.8, 4) is 0 Å². The second-order valence-corrected chi connectivity index (χ2v) is 9.55. The molecule has 1 heterocycles. The second-order valence-electron chi connectivity index (χ2n) is 9.55. The molecule has 1 saturated carbocycles. The highest BCUT2D eigenvalue weighted by Gasteiger charge is 2.27. The van der Waals surface area contributed by atoms with Crippen LogP contribution in [0.1, 0.15) is 53.6 Å². The van der Waals surface area contributed by atoms with Gasteiger partial charge in [-0.3, -0.25) is 9.59 Å². The zero-order valence-electron chi connectivity index (χ0n) is 20.0. The van der Waals surface area contributed by atoms with Gasteiger partial charge in [0.05, 0.1) is 6.10 Å². The van der Waals surface area contributed by atoms with Gasteiger partial charge in [0.1, 0.15) is 0 Å². The molecule has 0 unspecified atom stereocenters. The lowest BCUT2D eigenvalue weighted by Crippen LogP contribution is -2.37. The van der Waals surface area contributed by atoms with E-state index < -0.39 is 0 Å². The molecule has 0 radical (unpaired) electrons. The first-order valence-electron chi connectivity index (χ1n) is 12.0. The highest BCUT2D eigenvalue weighted by Crippen LogP contribution is 2.30. The molecule has 33 heavy (non-hydrogen) atoms. The van der Waals surface area contributed by atoms with E-state index in [0.717, 1.165) is 61.2 Å². The summed E-state index contributed by atoms with van der Waals surface area (Å²) in [4.78, 5) is 30.0. The van der Waals surface area contributed by atoms with Crippen LogP contribution in [0.5, 0.6) is 0 Å². The standard InChI is InChI=1S/C27H35N3O3/c1-19-7-4-10-21(15-19)27(32)30(18-24-11-6-14-33-24)17-22-16-23(12-13-25(22)29(2)3)28-26(31)20-8-5-9-20/h4,7,10,12-13,15-16,20,24H,5-6,8-9,11,14,17-18H2,1-3H3,(H,28,31)/t24-/m1/s1. The van der Waals surface area contributed by atoms with Gasteiger partial charge < -0.3 is 19.9 Å².